The number of fused-ring (bicyclic) bond motifs is 1. The minimum Gasteiger partial charge on any atom is -0.326 e. The van der Waals surface area contributed by atoms with E-state index in [1.54, 1.807) is 18.5 Å². The molecule has 1 aromatic carbocycles. The molecule has 3 rings (SSSR count). The molecule has 2 heterocycles. The highest BCUT2D eigenvalue weighted by Gasteiger charge is 2.13. The first-order chi connectivity index (χ1) is 11.1. The van der Waals surface area contributed by atoms with Crippen LogP contribution in [0.1, 0.15) is 30.6 Å². The third-order valence-corrected chi connectivity index (χ3v) is 4.46. The van der Waals surface area contributed by atoms with Gasteiger partial charge in [-0.1, -0.05) is 6.92 Å². The first kappa shape index (κ1) is 15.3. The lowest BCUT2D eigenvalue weighted by atomic mass is 10.1. The molecule has 0 aliphatic rings. The molecule has 0 aliphatic carbocycles. The minimum absolute atomic E-state index is 0.0989. The normalized spacial score (nSPS) is 10.7. The Morgan fingerprint density at radius 2 is 2.09 bits per heavy atom. The van der Waals surface area contributed by atoms with Gasteiger partial charge in [0.2, 0.25) is 5.91 Å². The molecule has 1 N–H and O–H groups in total. The van der Waals surface area contributed by atoms with Crippen LogP contribution in [0.2, 0.25) is 0 Å². The summed E-state index contributed by atoms with van der Waals surface area (Å²) in [4.78, 5) is 31.9. The van der Waals surface area contributed by atoms with Crippen LogP contribution in [0.15, 0.2) is 36.7 Å². The van der Waals surface area contributed by atoms with Crippen molar-refractivity contribution >= 4 is 38.9 Å². The van der Waals surface area contributed by atoms with E-state index in [2.05, 4.69) is 15.3 Å². The molecular weight excluding hydrogens is 310 g/mol. The zero-order valence-corrected chi connectivity index (χ0v) is 13.6. The molecule has 2 aromatic heterocycles. The molecule has 0 aliphatic heterocycles. The van der Waals surface area contributed by atoms with Crippen molar-refractivity contribution in [3.63, 3.8) is 0 Å². The minimum atomic E-state index is -0.144. The molecule has 0 radical (unpaired) electrons. The summed E-state index contributed by atoms with van der Waals surface area (Å²) in [5.41, 5.74) is 2.90. The Balaban J connectivity index is 2.07. The van der Waals surface area contributed by atoms with Crippen LogP contribution in [0.4, 0.5) is 5.69 Å². The fourth-order valence-electron chi connectivity index (χ4n) is 2.28. The maximum Gasteiger partial charge on any atom is 0.221 e. The zero-order chi connectivity index (χ0) is 16.4. The molecule has 23 heavy (non-hydrogen) atoms. The number of hydrogen-bond acceptors (Lipinski definition) is 5. The third-order valence-electron chi connectivity index (χ3n) is 3.39. The average Bonchev–Trinajstić information content (AvgIpc) is 2.96. The van der Waals surface area contributed by atoms with Crippen molar-refractivity contribution in [1.82, 2.24) is 9.97 Å². The number of ketones is 1. The van der Waals surface area contributed by atoms with E-state index >= 15 is 0 Å². The van der Waals surface area contributed by atoms with Crippen LogP contribution in [-0.4, -0.2) is 21.7 Å². The summed E-state index contributed by atoms with van der Waals surface area (Å²) in [6.07, 6.45) is 3.78. The first-order valence-corrected chi connectivity index (χ1v) is 8.06. The number of thiazole rings is 1. The van der Waals surface area contributed by atoms with Gasteiger partial charge in [-0.3, -0.25) is 14.6 Å². The molecule has 3 aromatic rings. The van der Waals surface area contributed by atoms with E-state index < -0.39 is 0 Å². The second-order valence-corrected chi connectivity index (χ2v) is 6.11. The van der Waals surface area contributed by atoms with Gasteiger partial charge in [-0.15, -0.1) is 11.3 Å². The van der Waals surface area contributed by atoms with E-state index in [1.165, 1.54) is 18.3 Å². The smallest absolute Gasteiger partial charge is 0.221 e. The SMILES string of the molecule is CCC(=O)c1ccc2sc(-c3cnccc3NC(C)=O)nc2c1. The second kappa shape index (κ2) is 6.26. The number of amides is 1. The van der Waals surface area contributed by atoms with Crippen LogP contribution in [0, 0.1) is 0 Å². The predicted octanol–water partition coefficient (Wildman–Crippen LogP) is 3.91. The maximum absolute atomic E-state index is 11.8. The Morgan fingerprint density at radius 3 is 2.83 bits per heavy atom. The molecule has 6 heteroatoms. The van der Waals surface area contributed by atoms with Crippen LogP contribution in [-0.2, 0) is 4.79 Å². The highest BCUT2D eigenvalue weighted by Crippen LogP contribution is 2.34. The Bertz CT molecular complexity index is 902. The molecule has 0 spiro atoms. The lowest BCUT2D eigenvalue weighted by Crippen LogP contribution is -2.06. The Labute approximate surface area is 137 Å². The monoisotopic (exact) mass is 325 g/mol. The lowest BCUT2D eigenvalue weighted by molar-refractivity contribution is -0.114. The molecular formula is C17H15N3O2S. The predicted molar refractivity (Wildman–Crippen MR) is 91.8 cm³/mol. The molecule has 0 fully saturated rings. The molecule has 0 saturated carbocycles. The summed E-state index contributed by atoms with van der Waals surface area (Å²) in [6, 6.07) is 7.30. The Kier molecular flexibility index (Phi) is 4.16. The summed E-state index contributed by atoms with van der Waals surface area (Å²) in [5.74, 6) is -0.0452. The van der Waals surface area contributed by atoms with Crippen molar-refractivity contribution < 1.29 is 9.59 Å². The van der Waals surface area contributed by atoms with E-state index in [1.807, 2.05) is 25.1 Å². The number of anilines is 1. The number of nitrogens with one attached hydrogen (secondary N) is 1. The van der Waals surface area contributed by atoms with Crippen LogP contribution in [0.5, 0.6) is 0 Å². The van der Waals surface area contributed by atoms with Crippen LogP contribution < -0.4 is 5.32 Å². The van der Waals surface area contributed by atoms with E-state index in [-0.39, 0.29) is 11.7 Å². The Hall–Kier alpha value is -2.60. The van der Waals surface area contributed by atoms with Gasteiger partial charge in [-0.2, -0.15) is 0 Å². The number of benzene rings is 1. The van der Waals surface area contributed by atoms with Crippen LogP contribution in [0.3, 0.4) is 0 Å². The number of carbonyl (C=O) groups excluding carboxylic acids is 2. The molecule has 0 atom stereocenters. The van der Waals surface area contributed by atoms with E-state index in [0.29, 0.717) is 17.7 Å². The van der Waals surface area contributed by atoms with Gasteiger partial charge >= 0.3 is 0 Å². The molecule has 1 amide bonds. The van der Waals surface area contributed by atoms with Crippen LogP contribution >= 0.6 is 11.3 Å². The van der Waals surface area contributed by atoms with Crippen LogP contribution in [0.25, 0.3) is 20.8 Å². The van der Waals surface area contributed by atoms with Crippen molar-refractivity contribution in [3.8, 4) is 10.6 Å². The summed E-state index contributed by atoms with van der Waals surface area (Å²) in [7, 11) is 0. The summed E-state index contributed by atoms with van der Waals surface area (Å²) in [5, 5.41) is 3.55. The Morgan fingerprint density at radius 1 is 1.26 bits per heavy atom. The van der Waals surface area contributed by atoms with Crippen molar-refractivity contribution in [2.45, 2.75) is 20.3 Å². The highest BCUT2D eigenvalue weighted by molar-refractivity contribution is 7.21. The number of rotatable bonds is 4. The van der Waals surface area contributed by atoms with Gasteiger partial charge in [-0.25, -0.2) is 4.98 Å². The number of nitrogens with zero attached hydrogens (tertiary/aromatic N) is 2. The summed E-state index contributed by atoms with van der Waals surface area (Å²) >= 11 is 1.51. The molecule has 116 valence electrons. The van der Waals surface area contributed by atoms with Gasteiger partial charge in [0, 0.05) is 31.3 Å². The second-order valence-electron chi connectivity index (χ2n) is 5.08. The number of aromatic nitrogens is 2. The average molecular weight is 325 g/mol. The molecule has 0 saturated heterocycles. The lowest BCUT2D eigenvalue weighted by Gasteiger charge is -2.06. The van der Waals surface area contributed by atoms with E-state index in [0.717, 1.165) is 20.8 Å². The van der Waals surface area contributed by atoms with Gasteiger partial charge in [0.05, 0.1) is 21.5 Å². The molecule has 5 nitrogen and oxygen atoms in total. The number of hydrogen-bond donors (Lipinski definition) is 1. The summed E-state index contributed by atoms with van der Waals surface area (Å²) < 4.78 is 0.991. The number of carbonyl (C=O) groups is 2. The number of Topliss-reactive ketones (excluding diaryl/α,β-unsaturated/α-hetero) is 1. The standard InChI is InChI=1S/C17H15N3O2S/c1-3-15(22)11-4-5-16-14(8-11)20-17(23-16)12-9-18-7-6-13(12)19-10(2)21/h4-9H,3H2,1-2H3,(H,18,19,21). The van der Waals surface area contributed by atoms with E-state index in [9.17, 15) is 9.59 Å². The quantitative estimate of drug-likeness (QED) is 0.738. The summed E-state index contributed by atoms with van der Waals surface area (Å²) in [6.45, 7) is 3.31. The first-order valence-electron chi connectivity index (χ1n) is 7.24. The zero-order valence-electron chi connectivity index (χ0n) is 12.8. The maximum atomic E-state index is 11.8. The van der Waals surface area contributed by atoms with Crippen molar-refractivity contribution in [2.24, 2.45) is 0 Å². The largest absolute Gasteiger partial charge is 0.326 e. The van der Waals surface area contributed by atoms with E-state index in [4.69, 9.17) is 0 Å². The van der Waals surface area contributed by atoms with Gasteiger partial charge in [0.25, 0.3) is 0 Å². The van der Waals surface area contributed by atoms with Gasteiger partial charge in [-0.05, 0) is 24.3 Å². The van der Waals surface area contributed by atoms with Gasteiger partial charge in [0.15, 0.2) is 5.78 Å². The number of pyridine rings is 1. The van der Waals surface area contributed by atoms with Crippen molar-refractivity contribution in [1.29, 1.82) is 0 Å². The topological polar surface area (TPSA) is 72.0 Å². The van der Waals surface area contributed by atoms with Gasteiger partial charge in [0.1, 0.15) is 5.01 Å². The molecule has 0 bridgehead atoms. The third kappa shape index (κ3) is 3.12. The molecule has 0 unspecified atom stereocenters. The highest BCUT2D eigenvalue weighted by atomic mass is 32.1. The van der Waals surface area contributed by atoms with Crippen molar-refractivity contribution in [3.05, 3.63) is 42.2 Å². The fraction of sp³-hybridized carbons (Fsp3) is 0.176. The van der Waals surface area contributed by atoms with Crippen molar-refractivity contribution in [2.75, 3.05) is 5.32 Å². The fourth-order valence-corrected chi connectivity index (χ4v) is 3.25. The van der Waals surface area contributed by atoms with Gasteiger partial charge < -0.3 is 5.32 Å².